The van der Waals surface area contributed by atoms with Gasteiger partial charge in [0.1, 0.15) is 21.6 Å². The number of halogens is 1. The third kappa shape index (κ3) is 6.30. The molecule has 3 atom stereocenters. The van der Waals surface area contributed by atoms with Gasteiger partial charge in [0, 0.05) is 16.5 Å². The summed E-state index contributed by atoms with van der Waals surface area (Å²) in [6.45, 7) is 0. The van der Waals surface area contributed by atoms with Crippen LogP contribution in [0.15, 0.2) is 121 Å². The highest BCUT2D eigenvalue weighted by Crippen LogP contribution is 2.49. The quantitative estimate of drug-likeness (QED) is 0.153. The average molecular weight is 608 g/mol. The van der Waals surface area contributed by atoms with Crippen molar-refractivity contribution < 1.29 is 19.7 Å². The van der Waals surface area contributed by atoms with Gasteiger partial charge in [0.25, 0.3) is 0 Å². The SMILES string of the molecule is Oc1cccc(-c2ccc(C3C(CCC(O)c4ccc(F)cc4)SC(=S)N3c3ccc(-c4ccccc4)cc3)c(O)c2)c1. The Morgan fingerprint density at radius 2 is 1.40 bits per heavy atom. The van der Waals surface area contributed by atoms with Gasteiger partial charge in [0.2, 0.25) is 0 Å². The van der Waals surface area contributed by atoms with Crippen LogP contribution in [0.5, 0.6) is 11.5 Å². The lowest BCUT2D eigenvalue weighted by Crippen LogP contribution is -2.29. The molecule has 43 heavy (non-hydrogen) atoms. The van der Waals surface area contributed by atoms with Crippen LogP contribution in [0.3, 0.4) is 0 Å². The first-order valence-corrected chi connectivity index (χ1v) is 15.4. The second-order valence-corrected chi connectivity index (χ2v) is 12.5. The molecule has 5 aromatic rings. The highest BCUT2D eigenvalue weighted by molar-refractivity contribution is 8.24. The predicted molar refractivity (Wildman–Crippen MR) is 177 cm³/mol. The molecule has 4 nitrogen and oxygen atoms in total. The van der Waals surface area contributed by atoms with Crippen molar-refractivity contribution >= 4 is 34.0 Å². The highest BCUT2D eigenvalue weighted by Gasteiger charge is 2.41. The molecular weight excluding hydrogens is 578 g/mol. The van der Waals surface area contributed by atoms with Gasteiger partial charge in [0.05, 0.1) is 12.1 Å². The van der Waals surface area contributed by atoms with Crippen LogP contribution in [0.25, 0.3) is 22.3 Å². The monoisotopic (exact) mass is 607 g/mol. The largest absolute Gasteiger partial charge is 0.508 e. The number of phenolic OH excluding ortho intramolecular Hbond substituents is 2. The molecule has 0 aliphatic carbocycles. The summed E-state index contributed by atoms with van der Waals surface area (Å²) in [6, 6.07) is 36.6. The van der Waals surface area contributed by atoms with E-state index in [9.17, 15) is 19.7 Å². The first-order chi connectivity index (χ1) is 20.9. The summed E-state index contributed by atoms with van der Waals surface area (Å²) in [5.41, 5.74) is 6.10. The van der Waals surface area contributed by atoms with Gasteiger partial charge >= 0.3 is 0 Å². The zero-order valence-electron chi connectivity index (χ0n) is 23.2. The van der Waals surface area contributed by atoms with Gasteiger partial charge in [-0.1, -0.05) is 103 Å². The van der Waals surface area contributed by atoms with Gasteiger partial charge in [-0.3, -0.25) is 0 Å². The number of aromatic hydroxyl groups is 2. The third-order valence-corrected chi connectivity index (χ3v) is 9.52. The molecule has 1 saturated heterocycles. The number of thiocarbonyl (C=S) groups is 1. The summed E-state index contributed by atoms with van der Waals surface area (Å²) < 4.78 is 14.1. The molecular formula is C36H30FNO3S2. The zero-order valence-corrected chi connectivity index (χ0v) is 24.8. The molecule has 0 saturated carbocycles. The molecule has 5 aromatic carbocycles. The van der Waals surface area contributed by atoms with Crippen molar-refractivity contribution in [1.29, 1.82) is 0 Å². The first-order valence-electron chi connectivity index (χ1n) is 14.1. The van der Waals surface area contributed by atoms with Crippen LogP contribution in [0, 0.1) is 5.82 Å². The van der Waals surface area contributed by atoms with E-state index in [1.807, 2.05) is 36.4 Å². The lowest BCUT2D eigenvalue weighted by Gasteiger charge is -2.30. The average Bonchev–Trinajstić information content (AvgIpc) is 3.36. The Bertz CT molecular complexity index is 1730. The lowest BCUT2D eigenvalue weighted by molar-refractivity contribution is 0.163. The molecule has 7 heteroatoms. The van der Waals surface area contributed by atoms with Crippen molar-refractivity contribution in [3.8, 4) is 33.8 Å². The van der Waals surface area contributed by atoms with Crippen molar-refractivity contribution in [3.05, 3.63) is 138 Å². The number of aliphatic hydroxyl groups excluding tert-OH is 1. The fraction of sp³-hybridized carbons (Fsp3) is 0.139. The molecule has 0 spiro atoms. The molecule has 3 N–H and O–H groups in total. The van der Waals surface area contributed by atoms with E-state index < -0.39 is 6.10 Å². The van der Waals surface area contributed by atoms with E-state index >= 15 is 0 Å². The minimum absolute atomic E-state index is 0.0612. The van der Waals surface area contributed by atoms with Gasteiger partial charge in [-0.2, -0.15) is 0 Å². The molecule has 216 valence electrons. The summed E-state index contributed by atoms with van der Waals surface area (Å²) in [5, 5.41) is 32.2. The number of phenols is 2. The number of aliphatic hydroxyl groups is 1. The Kier molecular flexibility index (Phi) is 8.47. The summed E-state index contributed by atoms with van der Waals surface area (Å²) in [4.78, 5) is 2.09. The molecule has 1 aliphatic heterocycles. The fourth-order valence-corrected chi connectivity index (χ4v) is 7.46. The molecule has 0 aromatic heterocycles. The Morgan fingerprint density at radius 3 is 2.09 bits per heavy atom. The second kappa shape index (κ2) is 12.6. The molecule has 1 heterocycles. The van der Waals surface area contributed by atoms with Crippen LogP contribution in [0.4, 0.5) is 10.1 Å². The zero-order chi connectivity index (χ0) is 29.9. The van der Waals surface area contributed by atoms with E-state index in [1.165, 1.54) is 12.1 Å². The van der Waals surface area contributed by atoms with Crippen LogP contribution < -0.4 is 4.90 Å². The molecule has 1 fully saturated rings. The lowest BCUT2D eigenvalue weighted by atomic mass is 9.93. The number of thioether (sulfide) groups is 1. The summed E-state index contributed by atoms with van der Waals surface area (Å²) >= 11 is 7.49. The van der Waals surface area contributed by atoms with Crippen molar-refractivity contribution in [1.82, 2.24) is 0 Å². The number of nitrogens with zero attached hydrogens (tertiary/aromatic N) is 1. The van der Waals surface area contributed by atoms with Crippen LogP contribution >= 0.6 is 24.0 Å². The maximum Gasteiger partial charge on any atom is 0.141 e. The highest BCUT2D eigenvalue weighted by atomic mass is 32.2. The van der Waals surface area contributed by atoms with E-state index in [0.717, 1.165) is 33.5 Å². The number of rotatable bonds is 8. The van der Waals surface area contributed by atoms with Crippen molar-refractivity contribution in [3.63, 3.8) is 0 Å². The van der Waals surface area contributed by atoms with Crippen LogP contribution in [-0.4, -0.2) is 24.9 Å². The van der Waals surface area contributed by atoms with Crippen molar-refractivity contribution in [2.24, 2.45) is 0 Å². The Hall–Kier alpha value is -4.17. The third-order valence-electron chi connectivity index (χ3n) is 7.84. The summed E-state index contributed by atoms with van der Waals surface area (Å²) in [7, 11) is 0. The van der Waals surface area contributed by atoms with Crippen molar-refractivity contribution in [2.45, 2.75) is 30.2 Å². The Morgan fingerprint density at radius 1 is 0.744 bits per heavy atom. The number of anilines is 1. The van der Waals surface area contributed by atoms with E-state index in [2.05, 4.69) is 41.3 Å². The van der Waals surface area contributed by atoms with Crippen LogP contribution in [-0.2, 0) is 0 Å². The molecule has 3 unspecified atom stereocenters. The maximum atomic E-state index is 13.4. The van der Waals surface area contributed by atoms with E-state index in [-0.39, 0.29) is 28.6 Å². The molecule has 1 aliphatic rings. The first kappa shape index (κ1) is 28.9. The summed E-state index contributed by atoms with van der Waals surface area (Å²) in [6.07, 6.45) is 0.308. The van der Waals surface area contributed by atoms with Gasteiger partial charge < -0.3 is 20.2 Å². The van der Waals surface area contributed by atoms with E-state index in [1.54, 1.807) is 48.2 Å². The number of hydrogen-bond donors (Lipinski definition) is 3. The number of hydrogen-bond acceptors (Lipinski definition) is 5. The standard InChI is InChI=1S/C36H30FNO3S2/c37-28-14-9-25(10-15-28)32(40)19-20-34-35(31-18-13-27(22-33(31)41)26-7-4-8-30(39)21-26)38(36(42)43-34)29-16-11-24(12-17-29)23-5-2-1-3-6-23/h1-18,21-22,32,34-35,39-41H,19-20H2. The minimum atomic E-state index is -0.753. The van der Waals surface area contributed by atoms with E-state index in [4.69, 9.17) is 12.2 Å². The summed E-state index contributed by atoms with van der Waals surface area (Å²) in [5.74, 6) is -0.0547. The topological polar surface area (TPSA) is 63.9 Å². The van der Waals surface area contributed by atoms with Gasteiger partial charge in [-0.05, 0) is 83.1 Å². The smallest absolute Gasteiger partial charge is 0.141 e. The normalized spacial score (nSPS) is 17.3. The predicted octanol–water partition coefficient (Wildman–Crippen LogP) is 9.03. The van der Waals surface area contributed by atoms with Crippen molar-refractivity contribution in [2.75, 3.05) is 4.90 Å². The fourth-order valence-electron chi connectivity index (χ4n) is 5.63. The molecule has 0 bridgehead atoms. The molecule has 6 rings (SSSR count). The van der Waals surface area contributed by atoms with Gasteiger partial charge in [0.15, 0.2) is 0 Å². The molecule has 0 radical (unpaired) electrons. The van der Waals surface area contributed by atoms with E-state index in [0.29, 0.717) is 22.7 Å². The Labute approximate surface area is 260 Å². The van der Waals surface area contributed by atoms with Crippen LogP contribution in [0.2, 0.25) is 0 Å². The van der Waals surface area contributed by atoms with Gasteiger partial charge in [-0.25, -0.2) is 4.39 Å². The molecule has 0 amide bonds. The maximum absolute atomic E-state index is 13.4. The Balaban J connectivity index is 1.33. The van der Waals surface area contributed by atoms with Crippen LogP contribution in [0.1, 0.15) is 36.1 Å². The minimum Gasteiger partial charge on any atom is -0.508 e. The second-order valence-electron chi connectivity index (χ2n) is 10.6. The number of benzene rings is 5. The van der Waals surface area contributed by atoms with Gasteiger partial charge in [-0.15, -0.1) is 0 Å².